The molecule has 5 heteroatoms. The summed E-state index contributed by atoms with van der Waals surface area (Å²) in [6, 6.07) is 0. The number of furan rings is 1. The minimum atomic E-state index is -0.899. The first-order valence-electron chi connectivity index (χ1n) is 8.39. The van der Waals surface area contributed by atoms with Crippen molar-refractivity contribution < 1.29 is 23.8 Å². The number of carbonyl (C=O) groups is 2. The fraction of sp³-hybridized carbons (Fsp3) is 0.400. The molecule has 0 amide bonds. The van der Waals surface area contributed by atoms with Gasteiger partial charge in [-0.05, 0) is 56.7 Å². The second kappa shape index (κ2) is 6.06. The molecule has 0 saturated heterocycles. The van der Waals surface area contributed by atoms with Crippen LogP contribution in [0.5, 0.6) is 5.75 Å². The lowest BCUT2D eigenvalue weighted by Crippen LogP contribution is -2.34. The van der Waals surface area contributed by atoms with Crippen molar-refractivity contribution in [2.45, 2.75) is 53.1 Å². The van der Waals surface area contributed by atoms with Crippen molar-refractivity contribution in [3.05, 3.63) is 40.2 Å². The fourth-order valence-electron chi connectivity index (χ4n) is 3.66. The molecule has 0 fully saturated rings. The number of fused-ring (bicyclic) bond motifs is 2. The molecule has 1 aliphatic carbocycles. The number of aryl methyl sites for hydroxylation is 2. The van der Waals surface area contributed by atoms with Crippen LogP contribution in [0, 0.1) is 13.8 Å². The summed E-state index contributed by atoms with van der Waals surface area (Å²) in [4.78, 5) is 25.0. The number of phenolic OH excluding ortho intramolecular Hbond substituents is 1. The molecular formula is C20H22O5. The molecule has 132 valence electrons. The molecule has 3 rings (SSSR count). The predicted octanol–water partition coefficient (Wildman–Crippen LogP) is 4.32. The highest BCUT2D eigenvalue weighted by molar-refractivity contribution is 6.10. The summed E-state index contributed by atoms with van der Waals surface area (Å²) in [6.45, 7) is 9.20. The van der Waals surface area contributed by atoms with Crippen molar-refractivity contribution in [1.82, 2.24) is 0 Å². The molecule has 2 atom stereocenters. The molecule has 1 aliphatic rings. The lowest BCUT2D eigenvalue weighted by molar-refractivity contribution is -0.142. The van der Waals surface area contributed by atoms with Gasteiger partial charge in [0.2, 0.25) is 5.78 Å². The molecule has 2 aromatic rings. The number of ketones is 1. The second-order valence-electron chi connectivity index (χ2n) is 6.75. The summed E-state index contributed by atoms with van der Waals surface area (Å²) in [5.41, 5.74) is 3.64. The maximum Gasteiger partial charge on any atom is 0.334 e. The number of hydrogen-bond donors (Lipinski definition) is 1. The first-order chi connectivity index (χ1) is 11.8. The molecule has 1 aromatic heterocycles. The van der Waals surface area contributed by atoms with Gasteiger partial charge in [0.05, 0.1) is 11.8 Å². The number of benzene rings is 1. The van der Waals surface area contributed by atoms with Crippen LogP contribution in [0.2, 0.25) is 0 Å². The van der Waals surface area contributed by atoms with E-state index < -0.39 is 12.1 Å². The normalized spacial score (nSPS) is 20.7. The molecule has 1 aromatic carbocycles. The van der Waals surface area contributed by atoms with E-state index in [1.54, 1.807) is 26.2 Å². The maximum atomic E-state index is 12.9. The SMILES string of the molecule is C/C=C(/C)C(=O)O[C@H]1C[C@H](C)c2c(c(O)c3occ(C)c3c2C)C1=O. The highest BCUT2D eigenvalue weighted by Gasteiger charge is 2.39. The summed E-state index contributed by atoms with van der Waals surface area (Å²) in [6.07, 6.45) is 2.72. The van der Waals surface area contributed by atoms with Gasteiger partial charge in [0.15, 0.2) is 17.4 Å². The van der Waals surface area contributed by atoms with E-state index in [0.717, 1.165) is 22.1 Å². The number of aromatic hydroxyl groups is 1. The topological polar surface area (TPSA) is 76.7 Å². The molecule has 0 unspecified atom stereocenters. The zero-order chi connectivity index (χ0) is 18.5. The van der Waals surface area contributed by atoms with Crippen LogP contribution in [-0.4, -0.2) is 23.0 Å². The average Bonchev–Trinajstić information content (AvgIpc) is 2.97. The van der Waals surface area contributed by atoms with Gasteiger partial charge < -0.3 is 14.3 Å². The van der Waals surface area contributed by atoms with Crippen molar-refractivity contribution in [2.24, 2.45) is 0 Å². The number of ether oxygens (including phenoxy) is 1. The van der Waals surface area contributed by atoms with Crippen LogP contribution in [-0.2, 0) is 9.53 Å². The van der Waals surface area contributed by atoms with Gasteiger partial charge in [0, 0.05) is 11.0 Å². The molecule has 1 N–H and O–H groups in total. The minimum absolute atomic E-state index is 0.0268. The van der Waals surface area contributed by atoms with Crippen LogP contribution in [0.3, 0.4) is 0 Å². The number of carbonyl (C=O) groups excluding carboxylic acids is 2. The highest BCUT2D eigenvalue weighted by atomic mass is 16.5. The van der Waals surface area contributed by atoms with Crippen LogP contribution >= 0.6 is 0 Å². The summed E-state index contributed by atoms with van der Waals surface area (Å²) < 4.78 is 10.9. The van der Waals surface area contributed by atoms with Gasteiger partial charge in [-0.1, -0.05) is 13.0 Å². The van der Waals surface area contributed by atoms with Crippen LogP contribution < -0.4 is 0 Å². The Morgan fingerprint density at radius 2 is 2.08 bits per heavy atom. The van der Waals surface area contributed by atoms with Gasteiger partial charge in [0.25, 0.3) is 0 Å². The maximum absolute atomic E-state index is 12.9. The minimum Gasteiger partial charge on any atom is -0.504 e. The number of rotatable bonds is 2. The number of Topliss-reactive ketones (excluding diaryl/α,β-unsaturated/α-hetero) is 1. The van der Waals surface area contributed by atoms with Crippen molar-refractivity contribution >= 4 is 22.7 Å². The third kappa shape index (κ3) is 2.54. The Bertz CT molecular complexity index is 916. The number of allylic oxidation sites excluding steroid dienone is 1. The largest absolute Gasteiger partial charge is 0.504 e. The third-order valence-electron chi connectivity index (χ3n) is 5.08. The molecule has 0 spiro atoms. The molecule has 5 nitrogen and oxygen atoms in total. The van der Waals surface area contributed by atoms with Crippen molar-refractivity contribution in [3.8, 4) is 5.75 Å². The molecule has 0 radical (unpaired) electrons. The van der Waals surface area contributed by atoms with E-state index in [2.05, 4.69) is 0 Å². The Labute approximate surface area is 146 Å². The van der Waals surface area contributed by atoms with Crippen molar-refractivity contribution in [1.29, 1.82) is 0 Å². The van der Waals surface area contributed by atoms with Crippen LogP contribution in [0.4, 0.5) is 0 Å². The summed E-state index contributed by atoms with van der Waals surface area (Å²) in [7, 11) is 0. The van der Waals surface area contributed by atoms with Crippen molar-refractivity contribution in [2.75, 3.05) is 0 Å². The number of esters is 1. The predicted molar refractivity (Wildman–Crippen MR) is 94.0 cm³/mol. The molecule has 25 heavy (non-hydrogen) atoms. The molecular weight excluding hydrogens is 320 g/mol. The molecule has 1 heterocycles. The van der Waals surface area contributed by atoms with Gasteiger partial charge in [0.1, 0.15) is 0 Å². The van der Waals surface area contributed by atoms with Gasteiger partial charge in [-0.2, -0.15) is 0 Å². The van der Waals surface area contributed by atoms with Crippen LogP contribution in [0.1, 0.15) is 60.2 Å². The monoisotopic (exact) mass is 342 g/mol. The molecule has 0 saturated carbocycles. The van der Waals surface area contributed by atoms with Crippen molar-refractivity contribution in [3.63, 3.8) is 0 Å². The lowest BCUT2D eigenvalue weighted by Gasteiger charge is -2.30. The zero-order valence-corrected chi connectivity index (χ0v) is 15.1. The average molecular weight is 342 g/mol. The van der Waals surface area contributed by atoms with Crippen LogP contribution in [0.15, 0.2) is 22.3 Å². The summed E-state index contributed by atoms with van der Waals surface area (Å²) >= 11 is 0. The zero-order valence-electron chi connectivity index (χ0n) is 15.1. The molecule has 0 aliphatic heterocycles. The Kier molecular flexibility index (Phi) is 4.19. The lowest BCUT2D eigenvalue weighted by atomic mass is 9.77. The first-order valence-corrected chi connectivity index (χ1v) is 8.39. The van der Waals surface area contributed by atoms with Gasteiger partial charge >= 0.3 is 5.97 Å². The Morgan fingerprint density at radius 1 is 1.40 bits per heavy atom. The summed E-state index contributed by atoms with van der Waals surface area (Å²) in [5, 5.41) is 11.5. The van der Waals surface area contributed by atoms with E-state index in [-0.39, 0.29) is 23.0 Å². The smallest absolute Gasteiger partial charge is 0.334 e. The van der Waals surface area contributed by atoms with Gasteiger partial charge in [-0.15, -0.1) is 0 Å². The summed E-state index contributed by atoms with van der Waals surface area (Å²) in [5.74, 6) is -1.07. The highest BCUT2D eigenvalue weighted by Crippen LogP contribution is 2.45. The third-order valence-corrected chi connectivity index (χ3v) is 5.08. The van der Waals surface area contributed by atoms with Crippen LogP contribution in [0.25, 0.3) is 11.0 Å². The molecule has 0 bridgehead atoms. The van der Waals surface area contributed by atoms with E-state index in [9.17, 15) is 14.7 Å². The fourth-order valence-corrected chi connectivity index (χ4v) is 3.66. The van der Waals surface area contributed by atoms with E-state index in [1.807, 2.05) is 20.8 Å². The van der Waals surface area contributed by atoms with Gasteiger partial charge in [-0.3, -0.25) is 4.79 Å². The standard InChI is InChI=1S/C20H22O5/c1-6-9(2)20(23)25-13-7-10(3)14-12(5)15-11(4)8-24-19(15)18(22)16(14)17(13)21/h6,8,10,13,22H,7H2,1-5H3/b9-6-/t10-,13-/m0/s1. The van der Waals surface area contributed by atoms with E-state index in [0.29, 0.717) is 17.6 Å². The quantitative estimate of drug-likeness (QED) is 0.649. The van der Waals surface area contributed by atoms with E-state index >= 15 is 0 Å². The van der Waals surface area contributed by atoms with Gasteiger partial charge in [-0.25, -0.2) is 4.79 Å². The number of phenols is 1. The Hall–Kier alpha value is -2.56. The number of hydrogen-bond acceptors (Lipinski definition) is 5. The van der Waals surface area contributed by atoms with E-state index in [4.69, 9.17) is 9.15 Å². The Morgan fingerprint density at radius 3 is 2.72 bits per heavy atom. The van der Waals surface area contributed by atoms with E-state index in [1.165, 1.54) is 0 Å². The Balaban J connectivity index is 2.13. The first kappa shape index (κ1) is 17.3. The second-order valence-corrected chi connectivity index (χ2v) is 6.75.